The molecule has 0 amide bonds. The van der Waals surface area contributed by atoms with Crippen LogP contribution < -0.4 is 0 Å². The minimum absolute atomic E-state index is 0.0662. The fourth-order valence-electron chi connectivity index (χ4n) is 4.21. The van der Waals surface area contributed by atoms with E-state index in [1.807, 2.05) is 6.92 Å². The lowest BCUT2D eigenvalue weighted by atomic mass is 9.84. The van der Waals surface area contributed by atoms with Crippen molar-refractivity contribution in [1.82, 2.24) is 0 Å². The third-order valence-electron chi connectivity index (χ3n) is 6.14. The van der Waals surface area contributed by atoms with Crippen molar-refractivity contribution < 1.29 is 28.9 Å². The van der Waals surface area contributed by atoms with E-state index in [4.69, 9.17) is 14.2 Å². The van der Waals surface area contributed by atoms with Crippen LogP contribution in [-0.4, -0.2) is 41.5 Å². The Labute approximate surface area is 175 Å². The first kappa shape index (κ1) is 20.4. The van der Waals surface area contributed by atoms with E-state index in [2.05, 4.69) is 12.7 Å². The van der Waals surface area contributed by atoms with Crippen LogP contribution in [0, 0.1) is 5.92 Å². The van der Waals surface area contributed by atoms with Crippen LogP contribution in [0.15, 0.2) is 54.1 Å². The van der Waals surface area contributed by atoms with Crippen molar-refractivity contribution in [3.05, 3.63) is 59.7 Å². The van der Waals surface area contributed by atoms with E-state index in [1.54, 1.807) is 30.3 Å². The molecule has 0 radical (unpaired) electrons. The number of phenolic OH excluding ortho intramolecular Hbond substituents is 1. The van der Waals surface area contributed by atoms with Gasteiger partial charge in [0, 0.05) is 17.6 Å². The lowest BCUT2D eigenvalue weighted by Crippen LogP contribution is -2.29. The Morgan fingerprint density at radius 1 is 1.37 bits per heavy atom. The van der Waals surface area contributed by atoms with Gasteiger partial charge in [0.1, 0.15) is 24.6 Å². The highest BCUT2D eigenvalue weighted by Gasteiger charge is 2.61. The quantitative estimate of drug-likeness (QED) is 0.353. The number of carbonyl (C=O) groups is 2. The fourth-order valence-corrected chi connectivity index (χ4v) is 4.21. The van der Waals surface area contributed by atoms with Gasteiger partial charge < -0.3 is 19.3 Å². The largest absolute Gasteiger partial charge is 0.508 e. The zero-order chi connectivity index (χ0) is 21.3. The number of carbonyl (C=O) groups excluding carboxylic acids is 2. The summed E-state index contributed by atoms with van der Waals surface area (Å²) in [6.45, 7) is 6.17. The summed E-state index contributed by atoms with van der Waals surface area (Å²) in [5.74, 6) is -0.664. The number of ether oxygens (including phenoxy) is 3. The first-order chi connectivity index (χ1) is 14.4. The van der Waals surface area contributed by atoms with Gasteiger partial charge in [-0.15, -0.1) is 0 Å². The Morgan fingerprint density at radius 3 is 2.90 bits per heavy atom. The van der Waals surface area contributed by atoms with Crippen molar-refractivity contribution in [3.8, 4) is 5.75 Å². The van der Waals surface area contributed by atoms with E-state index in [1.165, 1.54) is 6.08 Å². The van der Waals surface area contributed by atoms with Gasteiger partial charge >= 0.3 is 11.9 Å². The molecule has 0 saturated carbocycles. The predicted molar refractivity (Wildman–Crippen MR) is 110 cm³/mol. The van der Waals surface area contributed by atoms with E-state index in [0.717, 1.165) is 24.0 Å². The topological polar surface area (TPSA) is 85.4 Å². The number of hydrogen-bond acceptors (Lipinski definition) is 6. The van der Waals surface area contributed by atoms with Gasteiger partial charge in [-0.25, -0.2) is 9.59 Å². The molecule has 4 atom stereocenters. The van der Waals surface area contributed by atoms with E-state index < -0.39 is 5.97 Å². The summed E-state index contributed by atoms with van der Waals surface area (Å²) in [4.78, 5) is 24.1. The lowest BCUT2D eigenvalue weighted by Gasteiger charge is -2.20. The van der Waals surface area contributed by atoms with Gasteiger partial charge in [0.2, 0.25) is 0 Å². The molecular formula is C24H26O6. The molecule has 2 saturated heterocycles. The fraction of sp³-hybridized carbons (Fsp3) is 0.417. The molecule has 6 heteroatoms. The number of aromatic hydroxyl groups is 1. The lowest BCUT2D eigenvalue weighted by molar-refractivity contribution is -0.140. The molecule has 1 aromatic rings. The Bertz CT molecular complexity index is 912. The van der Waals surface area contributed by atoms with Crippen LogP contribution in [0.3, 0.4) is 0 Å². The van der Waals surface area contributed by atoms with Crippen molar-refractivity contribution in [2.75, 3.05) is 6.61 Å². The van der Waals surface area contributed by atoms with Crippen molar-refractivity contribution in [1.29, 1.82) is 0 Å². The summed E-state index contributed by atoms with van der Waals surface area (Å²) < 4.78 is 16.9. The van der Waals surface area contributed by atoms with Crippen molar-refractivity contribution in [3.63, 3.8) is 0 Å². The SMILES string of the molecule is C=C1C(=O)O[C@H]2[C@H]1CC/C(COC(=O)/C=C/c1ccc(O)cc1)=C\CC[C@@]1(C)O[C@@H]21. The number of esters is 2. The van der Waals surface area contributed by atoms with Gasteiger partial charge in [0.15, 0.2) is 0 Å². The van der Waals surface area contributed by atoms with Crippen molar-refractivity contribution >= 4 is 18.0 Å². The molecule has 1 N–H and O–H groups in total. The normalized spacial score (nSPS) is 32.6. The van der Waals surface area contributed by atoms with E-state index in [-0.39, 0.29) is 42.1 Å². The number of rotatable bonds is 4. The molecule has 2 aliphatic heterocycles. The molecule has 0 unspecified atom stereocenters. The highest BCUT2D eigenvalue weighted by molar-refractivity contribution is 5.91. The van der Waals surface area contributed by atoms with Crippen molar-refractivity contribution in [2.45, 2.75) is 50.4 Å². The number of epoxide rings is 1. The van der Waals surface area contributed by atoms with Crippen LogP contribution in [0.5, 0.6) is 5.75 Å². The summed E-state index contributed by atoms with van der Waals surface area (Å²) in [5, 5.41) is 9.30. The molecule has 0 aromatic heterocycles. The van der Waals surface area contributed by atoms with E-state index in [0.29, 0.717) is 18.4 Å². The Hall–Kier alpha value is -2.86. The first-order valence-corrected chi connectivity index (χ1v) is 10.2. The molecule has 0 bridgehead atoms. The zero-order valence-corrected chi connectivity index (χ0v) is 17.0. The minimum Gasteiger partial charge on any atom is -0.508 e. The van der Waals surface area contributed by atoms with Gasteiger partial charge in [-0.3, -0.25) is 0 Å². The molecule has 1 aliphatic carbocycles. The van der Waals surface area contributed by atoms with Crippen molar-refractivity contribution in [2.24, 2.45) is 5.92 Å². The third-order valence-corrected chi connectivity index (χ3v) is 6.14. The molecule has 1 aromatic carbocycles. The molecule has 2 fully saturated rings. The number of benzene rings is 1. The summed E-state index contributed by atoms with van der Waals surface area (Å²) in [6, 6.07) is 6.54. The molecule has 158 valence electrons. The summed E-state index contributed by atoms with van der Waals surface area (Å²) in [6.07, 6.45) is 7.84. The van der Waals surface area contributed by atoms with E-state index in [9.17, 15) is 14.7 Å². The number of phenols is 1. The Morgan fingerprint density at radius 2 is 2.13 bits per heavy atom. The predicted octanol–water partition coefficient (Wildman–Crippen LogP) is 3.70. The minimum atomic E-state index is -0.430. The van der Waals surface area contributed by atoms with Gasteiger partial charge in [-0.2, -0.15) is 0 Å². The summed E-state index contributed by atoms with van der Waals surface area (Å²) in [5.41, 5.74) is 2.04. The molecule has 2 heterocycles. The van der Waals surface area contributed by atoms with Crippen LogP contribution >= 0.6 is 0 Å². The number of fused-ring (bicyclic) bond motifs is 3. The molecular weight excluding hydrogens is 384 g/mol. The Kier molecular flexibility index (Phi) is 5.52. The van der Waals surface area contributed by atoms with Crippen LogP contribution in [0.2, 0.25) is 0 Å². The smallest absolute Gasteiger partial charge is 0.334 e. The maximum absolute atomic E-state index is 12.1. The highest BCUT2D eigenvalue weighted by Crippen LogP contribution is 2.49. The van der Waals surface area contributed by atoms with Gasteiger partial charge in [-0.05, 0) is 62.0 Å². The second kappa shape index (κ2) is 8.11. The average Bonchev–Trinajstić information content (AvgIpc) is 3.31. The standard InChI is InChI=1S/C24H26O6/c1-15-19-11-7-17(4-3-13-24(2)22(30-24)21(19)29-23(15)27)14-28-20(26)12-8-16-5-9-18(25)10-6-16/h4-6,8-10,12,19,21-22,25H,1,3,7,11,13-14H2,2H3/b12-8+,17-4+/t19-,21-,22-,24+/m0/s1. The van der Waals surface area contributed by atoms with Gasteiger partial charge in [0.25, 0.3) is 0 Å². The second-order valence-electron chi connectivity index (χ2n) is 8.33. The summed E-state index contributed by atoms with van der Waals surface area (Å²) in [7, 11) is 0. The zero-order valence-electron chi connectivity index (χ0n) is 17.0. The average molecular weight is 410 g/mol. The van der Waals surface area contributed by atoms with Gasteiger partial charge in [0.05, 0.1) is 5.60 Å². The monoisotopic (exact) mass is 410 g/mol. The maximum Gasteiger partial charge on any atom is 0.334 e. The first-order valence-electron chi connectivity index (χ1n) is 10.2. The third kappa shape index (κ3) is 4.33. The molecule has 3 aliphatic rings. The van der Waals surface area contributed by atoms with Crippen LogP contribution in [0.25, 0.3) is 6.08 Å². The summed E-state index contributed by atoms with van der Waals surface area (Å²) >= 11 is 0. The number of hydrogen-bond donors (Lipinski definition) is 1. The molecule has 6 nitrogen and oxygen atoms in total. The molecule has 4 rings (SSSR count). The van der Waals surface area contributed by atoms with Crippen LogP contribution in [0.4, 0.5) is 0 Å². The molecule has 30 heavy (non-hydrogen) atoms. The van der Waals surface area contributed by atoms with E-state index >= 15 is 0 Å². The second-order valence-corrected chi connectivity index (χ2v) is 8.33. The Balaban J connectivity index is 1.37. The number of allylic oxidation sites excluding steroid dienone is 1. The van der Waals surface area contributed by atoms with Gasteiger partial charge in [-0.1, -0.05) is 24.8 Å². The van der Waals surface area contributed by atoms with Crippen LogP contribution in [-0.2, 0) is 23.8 Å². The molecule has 0 spiro atoms. The highest BCUT2D eigenvalue weighted by atomic mass is 16.6. The van der Waals surface area contributed by atoms with Crippen LogP contribution in [0.1, 0.15) is 38.2 Å². The maximum atomic E-state index is 12.1.